The minimum absolute atomic E-state index is 0.151. The van der Waals surface area contributed by atoms with Crippen molar-refractivity contribution >= 4 is 18.1 Å². The van der Waals surface area contributed by atoms with Gasteiger partial charge in [0.15, 0.2) is 0 Å². The fourth-order valence-electron chi connectivity index (χ4n) is 4.26. The first-order chi connectivity index (χ1) is 12.0. The Kier molecular flexibility index (Phi) is 4.34. The second kappa shape index (κ2) is 6.12. The van der Waals surface area contributed by atoms with E-state index in [1.54, 1.807) is 12.1 Å². The van der Waals surface area contributed by atoms with Gasteiger partial charge in [-0.3, -0.25) is 0 Å². The van der Waals surface area contributed by atoms with Gasteiger partial charge < -0.3 is 5.11 Å². The van der Waals surface area contributed by atoms with Gasteiger partial charge in [-0.1, -0.05) is 71.0 Å². The number of benzene rings is 2. The number of hydrogen-bond acceptors (Lipinski definition) is 1. The predicted octanol–water partition coefficient (Wildman–Crippen LogP) is 6.07. The lowest BCUT2D eigenvalue weighted by atomic mass is 9.71. The van der Waals surface area contributed by atoms with E-state index in [1.165, 1.54) is 22.3 Å². The van der Waals surface area contributed by atoms with E-state index in [4.69, 9.17) is 5.11 Å². The third-order valence-electron chi connectivity index (χ3n) is 6.57. The van der Waals surface area contributed by atoms with Crippen molar-refractivity contribution in [2.75, 3.05) is 0 Å². The number of carboxylic acids is 1. The summed E-state index contributed by atoms with van der Waals surface area (Å²) >= 11 is 0. The number of carbonyl (C=O) groups is 1. The first kappa shape index (κ1) is 18.4. The zero-order valence-corrected chi connectivity index (χ0v) is 16.6. The molecule has 0 spiro atoms. The zero-order chi connectivity index (χ0) is 19.3. The maximum atomic E-state index is 11.0. The maximum absolute atomic E-state index is 11.0. The topological polar surface area (TPSA) is 37.3 Å². The Morgan fingerprint density at radius 2 is 1.50 bits per heavy atom. The lowest BCUT2D eigenvalue weighted by Crippen LogP contribution is -2.30. The van der Waals surface area contributed by atoms with Crippen LogP contribution in [-0.4, -0.2) is 11.1 Å². The molecule has 1 unspecified atom stereocenters. The van der Waals surface area contributed by atoms with Crippen LogP contribution in [0.5, 0.6) is 0 Å². The van der Waals surface area contributed by atoms with Crippen LogP contribution in [0.3, 0.4) is 0 Å². The van der Waals surface area contributed by atoms with Crippen LogP contribution in [0.2, 0.25) is 0 Å². The molecule has 0 amide bonds. The molecular weight excluding hydrogens is 320 g/mol. The van der Waals surface area contributed by atoms with Gasteiger partial charge in [-0.2, -0.15) is 0 Å². The fraction of sp³-hybridized carbons (Fsp3) is 0.375. The monoisotopic (exact) mass is 348 g/mol. The molecule has 1 aliphatic carbocycles. The second-order valence-corrected chi connectivity index (χ2v) is 8.68. The molecule has 1 N–H and O–H groups in total. The van der Waals surface area contributed by atoms with Crippen LogP contribution in [0.15, 0.2) is 36.4 Å². The summed E-state index contributed by atoms with van der Waals surface area (Å²) in [6, 6.07) is 11.7. The van der Waals surface area contributed by atoms with Gasteiger partial charge in [0.1, 0.15) is 0 Å². The van der Waals surface area contributed by atoms with Gasteiger partial charge in [-0.15, -0.1) is 0 Å². The Hall–Kier alpha value is -2.35. The first-order valence-electron chi connectivity index (χ1n) is 9.22. The van der Waals surface area contributed by atoms with Gasteiger partial charge in [0.2, 0.25) is 0 Å². The predicted molar refractivity (Wildman–Crippen MR) is 109 cm³/mol. The normalized spacial score (nSPS) is 20.3. The van der Waals surface area contributed by atoms with Crippen molar-refractivity contribution in [3.05, 3.63) is 69.8 Å². The van der Waals surface area contributed by atoms with E-state index in [0.717, 1.165) is 5.56 Å². The quantitative estimate of drug-likeness (QED) is 0.684. The summed E-state index contributed by atoms with van der Waals surface area (Å²) in [5, 5.41) is 9.00. The highest BCUT2D eigenvalue weighted by atomic mass is 16.4. The molecule has 0 saturated heterocycles. The third kappa shape index (κ3) is 2.88. The maximum Gasteiger partial charge on any atom is 0.335 e. The molecule has 26 heavy (non-hydrogen) atoms. The molecule has 2 heteroatoms. The van der Waals surface area contributed by atoms with Crippen LogP contribution < -0.4 is 0 Å². The molecule has 2 nitrogen and oxygen atoms in total. The van der Waals surface area contributed by atoms with E-state index >= 15 is 0 Å². The smallest absolute Gasteiger partial charge is 0.335 e. The molecule has 0 aromatic heterocycles. The van der Waals surface area contributed by atoms with Crippen LogP contribution in [0.25, 0.3) is 12.2 Å². The lowest BCUT2D eigenvalue weighted by Gasteiger charge is -2.32. The Balaban J connectivity index is 1.98. The van der Waals surface area contributed by atoms with Gasteiger partial charge >= 0.3 is 5.97 Å². The van der Waals surface area contributed by atoms with E-state index in [2.05, 4.69) is 65.8 Å². The van der Waals surface area contributed by atoms with E-state index in [0.29, 0.717) is 11.5 Å². The molecule has 0 heterocycles. The minimum atomic E-state index is -0.894. The highest BCUT2D eigenvalue weighted by molar-refractivity contribution is 5.88. The SMILES string of the molecule is Cc1cc2c(cc1C=Cc1ccc(C(=O)O)cc1)C(C)(C)C(C)C2(C)C. The van der Waals surface area contributed by atoms with Crippen molar-refractivity contribution in [1.29, 1.82) is 0 Å². The highest BCUT2D eigenvalue weighted by Crippen LogP contribution is 2.54. The Labute approximate surface area is 156 Å². The molecule has 0 saturated carbocycles. The molecule has 0 aliphatic heterocycles. The molecule has 1 atom stereocenters. The van der Waals surface area contributed by atoms with E-state index < -0.39 is 5.97 Å². The first-order valence-corrected chi connectivity index (χ1v) is 9.22. The van der Waals surface area contributed by atoms with Gasteiger partial charge in [-0.05, 0) is 63.6 Å². The summed E-state index contributed by atoms with van der Waals surface area (Å²) in [5.74, 6) is -0.318. The summed E-state index contributed by atoms with van der Waals surface area (Å²) < 4.78 is 0. The third-order valence-corrected chi connectivity index (χ3v) is 6.57. The fourth-order valence-corrected chi connectivity index (χ4v) is 4.26. The van der Waals surface area contributed by atoms with Gasteiger partial charge in [0.05, 0.1) is 5.56 Å². The van der Waals surface area contributed by atoms with E-state index in [-0.39, 0.29) is 10.8 Å². The van der Waals surface area contributed by atoms with E-state index in [9.17, 15) is 4.79 Å². The van der Waals surface area contributed by atoms with Crippen LogP contribution in [-0.2, 0) is 10.8 Å². The number of aromatic carboxylic acids is 1. The van der Waals surface area contributed by atoms with Gasteiger partial charge in [0.25, 0.3) is 0 Å². The van der Waals surface area contributed by atoms with Crippen molar-refractivity contribution in [3.8, 4) is 0 Å². The standard InChI is InChI=1S/C24H28O2/c1-15-13-20-21(24(5,6)16(2)23(20,3)4)14-19(15)12-9-17-7-10-18(11-8-17)22(25)26/h7-14,16H,1-6H3,(H,25,26). The van der Waals surface area contributed by atoms with Crippen molar-refractivity contribution in [1.82, 2.24) is 0 Å². The zero-order valence-electron chi connectivity index (χ0n) is 16.6. The van der Waals surface area contributed by atoms with Crippen molar-refractivity contribution in [2.45, 2.75) is 52.4 Å². The number of carboxylic acid groups (broad SMARTS) is 1. The van der Waals surface area contributed by atoms with Crippen LogP contribution >= 0.6 is 0 Å². The molecule has 0 radical (unpaired) electrons. The number of rotatable bonds is 3. The molecule has 0 bridgehead atoms. The van der Waals surface area contributed by atoms with E-state index in [1.807, 2.05) is 12.1 Å². The average Bonchev–Trinajstić information content (AvgIpc) is 2.71. The molecule has 1 aliphatic rings. The summed E-state index contributed by atoms with van der Waals surface area (Å²) in [6.45, 7) is 13.9. The molecule has 0 fully saturated rings. The Morgan fingerprint density at radius 1 is 0.962 bits per heavy atom. The highest BCUT2D eigenvalue weighted by Gasteiger charge is 2.48. The number of fused-ring (bicyclic) bond motifs is 1. The molecular formula is C24H28O2. The summed E-state index contributed by atoms with van der Waals surface area (Å²) in [6.07, 6.45) is 4.19. The number of aryl methyl sites for hydroxylation is 1. The average molecular weight is 348 g/mol. The lowest BCUT2D eigenvalue weighted by molar-refractivity contribution is 0.0697. The summed E-state index contributed by atoms with van der Waals surface area (Å²) in [7, 11) is 0. The Bertz CT molecular complexity index is 883. The van der Waals surface area contributed by atoms with Crippen molar-refractivity contribution < 1.29 is 9.90 Å². The molecule has 2 aromatic rings. The molecule has 136 valence electrons. The van der Waals surface area contributed by atoms with Crippen LogP contribution in [0, 0.1) is 12.8 Å². The molecule has 2 aromatic carbocycles. The summed E-state index contributed by atoms with van der Waals surface area (Å²) in [5.41, 5.74) is 7.06. The summed E-state index contributed by atoms with van der Waals surface area (Å²) in [4.78, 5) is 11.0. The number of hydrogen-bond donors (Lipinski definition) is 1. The molecule has 3 rings (SSSR count). The Morgan fingerprint density at radius 3 is 2.04 bits per heavy atom. The van der Waals surface area contributed by atoms with Crippen LogP contribution in [0.4, 0.5) is 0 Å². The van der Waals surface area contributed by atoms with Gasteiger partial charge in [0, 0.05) is 0 Å². The van der Waals surface area contributed by atoms with Crippen molar-refractivity contribution in [2.24, 2.45) is 5.92 Å². The van der Waals surface area contributed by atoms with Gasteiger partial charge in [-0.25, -0.2) is 4.79 Å². The minimum Gasteiger partial charge on any atom is -0.478 e. The van der Waals surface area contributed by atoms with Crippen molar-refractivity contribution in [3.63, 3.8) is 0 Å². The largest absolute Gasteiger partial charge is 0.478 e. The second-order valence-electron chi connectivity index (χ2n) is 8.68. The van der Waals surface area contributed by atoms with Crippen LogP contribution in [0.1, 0.15) is 72.8 Å².